The van der Waals surface area contributed by atoms with Crippen LogP contribution in [0.15, 0.2) is 48.5 Å². The molecule has 2 aromatic rings. The SMILES string of the molecule is C[C@H]1[C@H](O)c2ccccc2-c2ccccc2C[C@]1(C)O. The van der Waals surface area contributed by atoms with Crippen molar-refractivity contribution in [3.8, 4) is 11.1 Å². The number of rotatable bonds is 0. The topological polar surface area (TPSA) is 40.5 Å². The molecule has 0 aromatic heterocycles. The van der Waals surface area contributed by atoms with E-state index in [0.717, 1.165) is 22.3 Å². The fourth-order valence-corrected chi connectivity index (χ4v) is 3.09. The summed E-state index contributed by atoms with van der Waals surface area (Å²) in [7, 11) is 0. The second-order valence-electron chi connectivity index (χ2n) is 6.01. The molecule has 0 amide bonds. The third kappa shape index (κ3) is 2.05. The molecule has 3 rings (SSSR count). The fraction of sp³-hybridized carbons (Fsp3) is 0.333. The summed E-state index contributed by atoms with van der Waals surface area (Å²) in [5, 5.41) is 21.4. The largest absolute Gasteiger partial charge is 0.389 e. The number of aliphatic hydroxyl groups excluding tert-OH is 1. The molecule has 2 aromatic carbocycles. The molecule has 3 atom stereocenters. The molecule has 0 unspecified atom stereocenters. The minimum Gasteiger partial charge on any atom is -0.389 e. The molecule has 0 fully saturated rings. The van der Waals surface area contributed by atoms with Gasteiger partial charge in [-0.1, -0.05) is 55.5 Å². The Hall–Kier alpha value is -1.64. The van der Waals surface area contributed by atoms with Crippen LogP contribution >= 0.6 is 0 Å². The monoisotopic (exact) mass is 268 g/mol. The molecule has 2 heteroatoms. The Labute approximate surface area is 119 Å². The van der Waals surface area contributed by atoms with Gasteiger partial charge in [-0.15, -0.1) is 0 Å². The molecule has 0 radical (unpaired) electrons. The molecule has 2 nitrogen and oxygen atoms in total. The molecule has 0 bridgehead atoms. The maximum Gasteiger partial charge on any atom is 0.0849 e. The van der Waals surface area contributed by atoms with Crippen molar-refractivity contribution in [2.75, 3.05) is 0 Å². The van der Waals surface area contributed by atoms with E-state index in [0.29, 0.717) is 6.42 Å². The maximum absolute atomic E-state index is 10.7. The van der Waals surface area contributed by atoms with Crippen molar-refractivity contribution in [3.63, 3.8) is 0 Å². The highest BCUT2D eigenvalue weighted by atomic mass is 16.3. The lowest BCUT2D eigenvalue weighted by Crippen LogP contribution is -2.39. The van der Waals surface area contributed by atoms with Crippen molar-refractivity contribution >= 4 is 0 Å². The van der Waals surface area contributed by atoms with E-state index in [1.807, 2.05) is 50.2 Å². The van der Waals surface area contributed by atoms with Crippen LogP contribution in [0.5, 0.6) is 0 Å². The first-order valence-corrected chi connectivity index (χ1v) is 7.08. The van der Waals surface area contributed by atoms with E-state index >= 15 is 0 Å². The second-order valence-corrected chi connectivity index (χ2v) is 6.01. The molecule has 0 spiro atoms. The molecule has 104 valence electrons. The Morgan fingerprint density at radius 2 is 1.60 bits per heavy atom. The zero-order chi connectivity index (χ0) is 14.3. The van der Waals surface area contributed by atoms with Crippen LogP contribution in [0.3, 0.4) is 0 Å². The zero-order valence-electron chi connectivity index (χ0n) is 11.9. The van der Waals surface area contributed by atoms with Crippen molar-refractivity contribution in [3.05, 3.63) is 59.7 Å². The molecule has 0 saturated heterocycles. The van der Waals surface area contributed by atoms with E-state index < -0.39 is 11.7 Å². The molecule has 2 N–H and O–H groups in total. The lowest BCUT2D eigenvalue weighted by atomic mass is 9.74. The summed E-state index contributed by atoms with van der Waals surface area (Å²) in [6.45, 7) is 3.72. The Morgan fingerprint density at radius 3 is 2.35 bits per heavy atom. The minimum absolute atomic E-state index is 0.225. The Bertz CT molecular complexity index is 631. The molecule has 0 saturated carbocycles. The van der Waals surface area contributed by atoms with Gasteiger partial charge in [-0.2, -0.15) is 0 Å². The van der Waals surface area contributed by atoms with Gasteiger partial charge in [-0.3, -0.25) is 0 Å². The van der Waals surface area contributed by atoms with E-state index in [4.69, 9.17) is 0 Å². The number of hydrogen-bond donors (Lipinski definition) is 2. The van der Waals surface area contributed by atoms with Crippen molar-refractivity contribution in [1.29, 1.82) is 0 Å². The summed E-state index contributed by atoms with van der Waals surface area (Å²) < 4.78 is 0. The summed E-state index contributed by atoms with van der Waals surface area (Å²) in [6.07, 6.45) is -0.106. The van der Waals surface area contributed by atoms with Crippen molar-refractivity contribution in [2.24, 2.45) is 5.92 Å². The van der Waals surface area contributed by atoms with Crippen LogP contribution < -0.4 is 0 Å². The predicted octanol–water partition coefficient (Wildman–Crippen LogP) is 3.33. The highest BCUT2D eigenvalue weighted by Gasteiger charge is 2.37. The lowest BCUT2D eigenvalue weighted by Gasteiger charge is -2.37. The third-order valence-electron chi connectivity index (χ3n) is 4.59. The summed E-state index contributed by atoms with van der Waals surface area (Å²) in [4.78, 5) is 0. The summed E-state index contributed by atoms with van der Waals surface area (Å²) in [5.41, 5.74) is 3.27. The first kappa shape index (κ1) is 13.3. The van der Waals surface area contributed by atoms with Crippen LogP contribution in [0.1, 0.15) is 31.1 Å². The average molecular weight is 268 g/mol. The van der Waals surface area contributed by atoms with Gasteiger partial charge in [0.2, 0.25) is 0 Å². The van der Waals surface area contributed by atoms with Crippen molar-refractivity contribution in [1.82, 2.24) is 0 Å². The van der Waals surface area contributed by atoms with Crippen LogP contribution in [0.2, 0.25) is 0 Å². The van der Waals surface area contributed by atoms with Crippen LogP contribution in [0.25, 0.3) is 11.1 Å². The van der Waals surface area contributed by atoms with E-state index in [2.05, 4.69) is 12.1 Å². The van der Waals surface area contributed by atoms with Gasteiger partial charge in [0.15, 0.2) is 0 Å². The van der Waals surface area contributed by atoms with Crippen molar-refractivity contribution < 1.29 is 10.2 Å². The first-order valence-electron chi connectivity index (χ1n) is 7.08. The zero-order valence-corrected chi connectivity index (χ0v) is 11.9. The molecule has 20 heavy (non-hydrogen) atoms. The quantitative estimate of drug-likeness (QED) is 0.769. The third-order valence-corrected chi connectivity index (χ3v) is 4.59. The van der Waals surface area contributed by atoms with Gasteiger partial charge >= 0.3 is 0 Å². The van der Waals surface area contributed by atoms with E-state index in [9.17, 15) is 10.2 Å². The Balaban J connectivity index is 2.28. The number of aliphatic hydroxyl groups is 2. The van der Waals surface area contributed by atoms with Crippen LogP contribution in [0.4, 0.5) is 0 Å². The molecule has 0 heterocycles. The predicted molar refractivity (Wildman–Crippen MR) is 80.3 cm³/mol. The Morgan fingerprint density at radius 1 is 1.00 bits per heavy atom. The highest BCUT2D eigenvalue weighted by Crippen LogP contribution is 2.41. The Kier molecular flexibility index (Phi) is 3.15. The van der Waals surface area contributed by atoms with E-state index in [1.165, 1.54) is 0 Å². The standard InChI is InChI=1S/C18H20O2/c1-12-17(19)16-10-6-5-9-15(16)14-8-4-3-7-13(14)11-18(12,2)20/h3-10,12,17,19-20H,11H2,1-2H3/t12-,17-,18-/m0/s1. The van der Waals surface area contributed by atoms with E-state index in [-0.39, 0.29) is 5.92 Å². The normalized spacial score (nSPS) is 29.0. The molecule has 1 aliphatic carbocycles. The van der Waals surface area contributed by atoms with Gasteiger partial charge in [0.1, 0.15) is 0 Å². The minimum atomic E-state index is -0.928. The highest BCUT2D eigenvalue weighted by molar-refractivity contribution is 5.72. The van der Waals surface area contributed by atoms with Gasteiger partial charge < -0.3 is 10.2 Å². The second kappa shape index (κ2) is 4.72. The summed E-state index contributed by atoms with van der Waals surface area (Å²) in [5.74, 6) is -0.225. The number of fused-ring (bicyclic) bond motifs is 3. The molecule has 1 aliphatic rings. The van der Waals surface area contributed by atoms with Crippen LogP contribution in [-0.4, -0.2) is 15.8 Å². The first-order chi connectivity index (χ1) is 9.50. The van der Waals surface area contributed by atoms with Gasteiger partial charge in [-0.05, 0) is 29.2 Å². The summed E-state index contributed by atoms with van der Waals surface area (Å²) in [6, 6.07) is 16.1. The van der Waals surface area contributed by atoms with Gasteiger partial charge in [0, 0.05) is 12.3 Å². The number of benzene rings is 2. The van der Waals surface area contributed by atoms with Crippen LogP contribution in [0, 0.1) is 5.92 Å². The molecular formula is C18H20O2. The number of hydrogen-bond acceptors (Lipinski definition) is 2. The van der Waals surface area contributed by atoms with Gasteiger partial charge in [0.25, 0.3) is 0 Å². The van der Waals surface area contributed by atoms with Crippen molar-refractivity contribution in [2.45, 2.75) is 32.0 Å². The summed E-state index contributed by atoms with van der Waals surface area (Å²) >= 11 is 0. The van der Waals surface area contributed by atoms with Gasteiger partial charge in [-0.25, -0.2) is 0 Å². The smallest absolute Gasteiger partial charge is 0.0849 e. The fourth-order valence-electron chi connectivity index (χ4n) is 3.09. The van der Waals surface area contributed by atoms with E-state index in [1.54, 1.807) is 0 Å². The maximum atomic E-state index is 10.7. The van der Waals surface area contributed by atoms with Gasteiger partial charge in [0.05, 0.1) is 11.7 Å². The molecular weight excluding hydrogens is 248 g/mol. The van der Waals surface area contributed by atoms with Crippen LogP contribution in [-0.2, 0) is 6.42 Å². The lowest BCUT2D eigenvalue weighted by molar-refractivity contribution is -0.0522. The molecule has 0 aliphatic heterocycles. The average Bonchev–Trinajstić information content (AvgIpc) is 2.45.